The molecule has 2 aromatic rings. The number of amides is 1. The van der Waals surface area contributed by atoms with E-state index in [4.69, 9.17) is 0 Å². The summed E-state index contributed by atoms with van der Waals surface area (Å²) in [5, 5.41) is 5.27. The number of aromatic nitrogens is 1. The minimum atomic E-state index is -0.0214. The number of hydrogen-bond acceptors (Lipinski definition) is 3. The second-order valence-electron chi connectivity index (χ2n) is 3.99. The maximum absolute atomic E-state index is 11.8. The molecular weight excluding hydrogens is 232 g/mol. The van der Waals surface area contributed by atoms with Gasteiger partial charge in [-0.1, -0.05) is 23.8 Å². The van der Waals surface area contributed by atoms with Crippen LogP contribution < -0.4 is 5.32 Å². The Morgan fingerprint density at radius 1 is 1.41 bits per heavy atom. The van der Waals surface area contributed by atoms with Gasteiger partial charge in [0.15, 0.2) is 5.13 Å². The number of benzene rings is 1. The van der Waals surface area contributed by atoms with E-state index in [2.05, 4.69) is 16.4 Å². The highest BCUT2D eigenvalue weighted by Crippen LogP contribution is 2.14. The molecule has 0 atom stereocenters. The first kappa shape index (κ1) is 11.8. The molecule has 0 spiro atoms. The topological polar surface area (TPSA) is 42.0 Å². The van der Waals surface area contributed by atoms with Gasteiger partial charge in [-0.05, 0) is 25.0 Å². The van der Waals surface area contributed by atoms with E-state index in [1.807, 2.05) is 31.4 Å². The molecule has 0 saturated carbocycles. The third-order valence-electron chi connectivity index (χ3n) is 2.53. The Bertz CT molecular complexity index is 520. The van der Waals surface area contributed by atoms with Gasteiger partial charge < -0.3 is 5.32 Å². The van der Waals surface area contributed by atoms with Crippen molar-refractivity contribution in [1.82, 2.24) is 4.98 Å². The number of carbonyl (C=O) groups excluding carboxylic acids is 1. The molecule has 17 heavy (non-hydrogen) atoms. The molecule has 0 aliphatic heterocycles. The Kier molecular flexibility index (Phi) is 3.54. The fraction of sp³-hybridized carbons (Fsp3) is 0.231. The van der Waals surface area contributed by atoms with E-state index in [-0.39, 0.29) is 5.91 Å². The fourth-order valence-corrected chi connectivity index (χ4v) is 2.21. The van der Waals surface area contributed by atoms with Gasteiger partial charge in [-0.25, -0.2) is 4.98 Å². The second kappa shape index (κ2) is 5.10. The lowest BCUT2D eigenvalue weighted by Crippen LogP contribution is -2.14. The molecule has 0 aliphatic rings. The van der Waals surface area contributed by atoms with Crippen LogP contribution in [0, 0.1) is 13.8 Å². The van der Waals surface area contributed by atoms with Crippen molar-refractivity contribution >= 4 is 22.4 Å². The minimum Gasteiger partial charge on any atom is -0.302 e. The molecule has 0 aliphatic carbocycles. The summed E-state index contributed by atoms with van der Waals surface area (Å²) in [5.41, 5.74) is 3.43. The number of anilines is 1. The zero-order chi connectivity index (χ0) is 12.3. The molecule has 0 saturated heterocycles. The molecule has 0 fully saturated rings. The number of nitrogens with zero attached hydrogens (tertiary/aromatic N) is 1. The van der Waals surface area contributed by atoms with E-state index in [0.29, 0.717) is 11.6 Å². The van der Waals surface area contributed by atoms with Gasteiger partial charge in [-0.2, -0.15) is 0 Å². The third-order valence-corrected chi connectivity index (χ3v) is 3.22. The van der Waals surface area contributed by atoms with Gasteiger partial charge in [0.1, 0.15) is 0 Å². The standard InChI is InChI=1S/C13H14N2OS/c1-9-3-4-11(10(2)7-9)8-12(16)15-13-14-5-6-17-13/h3-7H,8H2,1-2H3,(H,14,15,16). The maximum Gasteiger partial charge on any atom is 0.230 e. The first-order valence-corrected chi connectivity index (χ1v) is 6.28. The van der Waals surface area contributed by atoms with Gasteiger partial charge in [-0.3, -0.25) is 4.79 Å². The van der Waals surface area contributed by atoms with Crippen LogP contribution in [-0.2, 0) is 11.2 Å². The fourth-order valence-electron chi connectivity index (χ4n) is 1.67. The SMILES string of the molecule is Cc1ccc(CC(=O)Nc2nccs2)c(C)c1. The van der Waals surface area contributed by atoms with Crippen LogP contribution in [0.3, 0.4) is 0 Å². The summed E-state index contributed by atoms with van der Waals surface area (Å²) in [7, 11) is 0. The van der Waals surface area contributed by atoms with E-state index >= 15 is 0 Å². The lowest BCUT2D eigenvalue weighted by atomic mass is 10.0. The highest BCUT2D eigenvalue weighted by atomic mass is 32.1. The van der Waals surface area contributed by atoms with Gasteiger partial charge in [0, 0.05) is 11.6 Å². The van der Waals surface area contributed by atoms with Crippen LogP contribution in [0.4, 0.5) is 5.13 Å². The zero-order valence-electron chi connectivity index (χ0n) is 9.86. The molecular formula is C13H14N2OS. The normalized spacial score (nSPS) is 10.2. The van der Waals surface area contributed by atoms with Crippen LogP contribution in [0.15, 0.2) is 29.8 Å². The summed E-state index contributed by atoms with van der Waals surface area (Å²) >= 11 is 1.43. The second-order valence-corrected chi connectivity index (χ2v) is 4.89. The molecule has 88 valence electrons. The maximum atomic E-state index is 11.8. The number of thiazole rings is 1. The Morgan fingerprint density at radius 3 is 2.88 bits per heavy atom. The molecule has 1 aromatic carbocycles. The van der Waals surface area contributed by atoms with Crippen LogP contribution in [-0.4, -0.2) is 10.9 Å². The number of carbonyl (C=O) groups is 1. The Balaban J connectivity index is 2.03. The van der Waals surface area contributed by atoms with Crippen LogP contribution in [0.25, 0.3) is 0 Å². The van der Waals surface area contributed by atoms with Gasteiger partial charge >= 0.3 is 0 Å². The highest BCUT2D eigenvalue weighted by Gasteiger charge is 2.07. The number of aryl methyl sites for hydroxylation is 2. The smallest absolute Gasteiger partial charge is 0.230 e. The highest BCUT2D eigenvalue weighted by molar-refractivity contribution is 7.13. The Hall–Kier alpha value is -1.68. The molecule has 1 amide bonds. The minimum absolute atomic E-state index is 0.0214. The average Bonchev–Trinajstić information content (AvgIpc) is 2.75. The number of rotatable bonds is 3. The molecule has 0 bridgehead atoms. The van der Waals surface area contributed by atoms with Crippen molar-refractivity contribution in [1.29, 1.82) is 0 Å². The predicted molar refractivity (Wildman–Crippen MR) is 70.4 cm³/mol. The van der Waals surface area contributed by atoms with Crippen LogP contribution >= 0.6 is 11.3 Å². The Labute approximate surface area is 105 Å². The summed E-state index contributed by atoms with van der Waals surface area (Å²) in [6.07, 6.45) is 2.07. The number of nitrogens with one attached hydrogen (secondary N) is 1. The largest absolute Gasteiger partial charge is 0.302 e. The molecule has 0 unspecified atom stereocenters. The molecule has 1 aromatic heterocycles. The molecule has 4 heteroatoms. The van der Waals surface area contributed by atoms with E-state index in [0.717, 1.165) is 11.1 Å². The van der Waals surface area contributed by atoms with E-state index in [1.54, 1.807) is 6.20 Å². The van der Waals surface area contributed by atoms with Gasteiger partial charge in [0.05, 0.1) is 6.42 Å². The van der Waals surface area contributed by atoms with Gasteiger partial charge in [-0.15, -0.1) is 11.3 Å². The summed E-state index contributed by atoms with van der Waals surface area (Å²) in [6.45, 7) is 4.07. The number of hydrogen-bond donors (Lipinski definition) is 1. The summed E-state index contributed by atoms with van der Waals surface area (Å²) < 4.78 is 0. The van der Waals surface area contributed by atoms with Crippen LogP contribution in [0.1, 0.15) is 16.7 Å². The lowest BCUT2D eigenvalue weighted by molar-refractivity contribution is -0.115. The van der Waals surface area contributed by atoms with Crippen LogP contribution in [0.5, 0.6) is 0 Å². The van der Waals surface area contributed by atoms with Crippen molar-refractivity contribution in [2.45, 2.75) is 20.3 Å². The van der Waals surface area contributed by atoms with Crippen molar-refractivity contribution in [2.24, 2.45) is 0 Å². The molecule has 3 nitrogen and oxygen atoms in total. The van der Waals surface area contributed by atoms with Gasteiger partial charge in [0.2, 0.25) is 5.91 Å². The lowest BCUT2D eigenvalue weighted by Gasteiger charge is -2.06. The quantitative estimate of drug-likeness (QED) is 0.904. The molecule has 1 heterocycles. The summed E-state index contributed by atoms with van der Waals surface area (Å²) in [4.78, 5) is 15.8. The van der Waals surface area contributed by atoms with Crippen molar-refractivity contribution in [3.8, 4) is 0 Å². The molecule has 1 N–H and O–H groups in total. The van der Waals surface area contributed by atoms with Crippen molar-refractivity contribution in [3.63, 3.8) is 0 Å². The molecule has 0 radical (unpaired) electrons. The van der Waals surface area contributed by atoms with Gasteiger partial charge in [0.25, 0.3) is 0 Å². The van der Waals surface area contributed by atoms with Crippen molar-refractivity contribution in [3.05, 3.63) is 46.5 Å². The summed E-state index contributed by atoms with van der Waals surface area (Å²) in [6, 6.07) is 6.12. The predicted octanol–water partition coefficient (Wildman–Crippen LogP) is 2.94. The van der Waals surface area contributed by atoms with Crippen molar-refractivity contribution < 1.29 is 4.79 Å². The first-order chi connectivity index (χ1) is 8.15. The van der Waals surface area contributed by atoms with E-state index in [1.165, 1.54) is 16.9 Å². The monoisotopic (exact) mass is 246 g/mol. The Morgan fingerprint density at radius 2 is 2.24 bits per heavy atom. The zero-order valence-corrected chi connectivity index (χ0v) is 10.7. The summed E-state index contributed by atoms with van der Waals surface area (Å²) in [5.74, 6) is -0.0214. The molecule has 2 rings (SSSR count). The van der Waals surface area contributed by atoms with Crippen LogP contribution in [0.2, 0.25) is 0 Å². The first-order valence-electron chi connectivity index (χ1n) is 5.40. The van der Waals surface area contributed by atoms with E-state index in [9.17, 15) is 4.79 Å². The van der Waals surface area contributed by atoms with E-state index < -0.39 is 0 Å². The van der Waals surface area contributed by atoms with Crippen molar-refractivity contribution in [2.75, 3.05) is 5.32 Å². The average molecular weight is 246 g/mol. The third kappa shape index (κ3) is 3.14.